The van der Waals surface area contributed by atoms with E-state index in [1.807, 2.05) is 17.0 Å². The van der Waals surface area contributed by atoms with E-state index in [4.69, 9.17) is 4.74 Å². The van der Waals surface area contributed by atoms with Crippen LogP contribution in [0.3, 0.4) is 0 Å². The van der Waals surface area contributed by atoms with Crippen LogP contribution in [0.2, 0.25) is 0 Å². The standard InChI is InChI=1S/C24H27N3O2/c1-17-4-6-19(7-5-17)24(2,3)20-8-10-22(11-9-20)29-16-18-12-25-23(26-13-18)27-14-21(28)15-27/h4-13,21,28H,14-16H2,1-3H3. The molecule has 2 heterocycles. The number of anilines is 1. The van der Waals surface area contributed by atoms with E-state index in [1.54, 1.807) is 12.4 Å². The second kappa shape index (κ2) is 7.84. The Morgan fingerprint density at radius 2 is 1.52 bits per heavy atom. The predicted octanol–water partition coefficient (Wildman–Crippen LogP) is 3.87. The molecule has 1 aliphatic heterocycles. The van der Waals surface area contributed by atoms with Gasteiger partial charge in [-0.25, -0.2) is 9.97 Å². The highest BCUT2D eigenvalue weighted by molar-refractivity contribution is 5.41. The van der Waals surface area contributed by atoms with Gasteiger partial charge >= 0.3 is 0 Å². The summed E-state index contributed by atoms with van der Waals surface area (Å²) in [5.74, 6) is 1.48. The summed E-state index contributed by atoms with van der Waals surface area (Å²) in [6.07, 6.45) is 3.30. The second-order valence-corrected chi connectivity index (χ2v) is 8.25. The lowest BCUT2D eigenvalue weighted by Gasteiger charge is -2.35. The molecule has 1 aliphatic rings. The minimum Gasteiger partial charge on any atom is -0.489 e. The van der Waals surface area contributed by atoms with Gasteiger partial charge < -0.3 is 14.7 Å². The lowest BCUT2D eigenvalue weighted by Crippen LogP contribution is -2.51. The highest BCUT2D eigenvalue weighted by atomic mass is 16.5. The van der Waals surface area contributed by atoms with E-state index in [9.17, 15) is 5.11 Å². The topological polar surface area (TPSA) is 58.5 Å². The third-order valence-corrected chi connectivity index (χ3v) is 5.59. The van der Waals surface area contributed by atoms with Gasteiger partial charge in [0.05, 0.1) is 6.10 Å². The van der Waals surface area contributed by atoms with E-state index in [0.29, 0.717) is 25.6 Å². The summed E-state index contributed by atoms with van der Waals surface area (Å²) in [6, 6.07) is 17.0. The van der Waals surface area contributed by atoms with Gasteiger partial charge in [0.1, 0.15) is 12.4 Å². The molecule has 1 N–H and O–H groups in total. The SMILES string of the molecule is Cc1ccc(C(C)(C)c2ccc(OCc3cnc(N4CC(O)C4)nc3)cc2)cc1. The number of aromatic nitrogens is 2. The minimum atomic E-state index is -0.263. The van der Waals surface area contributed by atoms with Crippen LogP contribution in [0.1, 0.15) is 36.1 Å². The molecule has 0 aliphatic carbocycles. The van der Waals surface area contributed by atoms with Crippen LogP contribution >= 0.6 is 0 Å². The van der Waals surface area contributed by atoms with Crippen LogP contribution in [0.15, 0.2) is 60.9 Å². The van der Waals surface area contributed by atoms with Crippen molar-refractivity contribution in [3.05, 3.63) is 83.2 Å². The molecule has 3 aromatic rings. The summed E-state index contributed by atoms with van der Waals surface area (Å²) in [6.45, 7) is 8.20. The highest BCUT2D eigenvalue weighted by Gasteiger charge is 2.26. The maximum absolute atomic E-state index is 9.37. The van der Waals surface area contributed by atoms with Gasteiger partial charge in [-0.3, -0.25) is 0 Å². The molecular formula is C24H27N3O2. The van der Waals surface area contributed by atoms with Crippen LogP contribution in [0.5, 0.6) is 5.75 Å². The zero-order valence-electron chi connectivity index (χ0n) is 17.2. The van der Waals surface area contributed by atoms with Crippen molar-refractivity contribution >= 4 is 5.95 Å². The third kappa shape index (κ3) is 4.25. The molecule has 4 rings (SSSR count). The number of ether oxygens (including phenoxy) is 1. The Balaban J connectivity index is 1.37. The number of benzene rings is 2. The summed E-state index contributed by atoms with van der Waals surface area (Å²) in [4.78, 5) is 10.7. The lowest BCUT2D eigenvalue weighted by atomic mass is 9.78. The second-order valence-electron chi connectivity index (χ2n) is 8.25. The van der Waals surface area contributed by atoms with Gasteiger partial charge in [0.25, 0.3) is 0 Å². The summed E-state index contributed by atoms with van der Waals surface area (Å²) in [7, 11) is 0. The van der Waals surface area contributed by atoms with Crippen molar-refractivity contribution in [3.8, 4) is 5.75 Å². The first-order chi connectivity index (χ1) is 13.9. The van der Waals surface area contributed by atoms with E-state index >= 15 is 0 Å². The number of hydrogen-bond acceptors (Lipinski definition) is 5. The van der Waals surface area contributed by atoms with Crippen LogP contribution in [-0.2, 0) is 12.0 Å². The number of aliphatic hydroxyl groups excluding tert-OH is 1. The van der Waals surface area contributed by atoms with Gasteiger partial charge in [-0.15, -0.1) is 0 Å². The molecule has 0 amide bonds. The number of rotatable bonds is 6. The average molecular weight is 389 g/mol. The van der Waals surface area contributed by atoms with Crippen molar-refractivity contribution in [1.29, 1.82) is 0 Å². The van der Waals surface area contributed by atoms with Crippen LogP contribution in [0, 0.1) is 6.92 Å². The van der Waals surface area contributed by atoms with E-state index < -0.39 is 0 Å². The molecule has 1 saturated heterocycles. The molecule has 0 spiro atoms. The first kappa shape index (κ1) is 19.4. The molecule has 150 valence electrons. The van der Waals surface area contributed by atoms with Crippen molar-refractivity contribution in [2.75, 3.05) is 18.0 Å². The zero-order chi connectivity index (χ0) is 20.4. The van der Waals surface area contributed by atoms with Gasteiger partial charge in [-0.1, -0.05) is 55.8 Å². The van der Waals surface area contributed by atoms with E-state index in [0.717, 1.165) is 11.3 Å². The van der Waals surface area contributed by atoms with Crippen molar-refractivity contribution < 1.29 is 9.84 Å². The summed E-state index contributed by atoms with van der Waals surface area (Å²) < 4.78 is 5.91. The quantitative estimate of drug-likeness (QED) is 0.694. The van der Waals surface area contributed by atoms with Crippen LogP contribution in [0.25, 0.3) is 0 Å². The van der Waals surface area contributed by atoms with Gasteiger partial charge in [-0.05, 0) is 30.2 Å². The molecule has 1 fully saturated rings. The number of aryl methyl sites for hydroxylation is 1. The van der Waals surface area contributed by atoms with Crippen molar-refractivity contribution in [2.45, 2.75) is 38.9 Å². The fourth-order valence-corrected chi connectivity index (χ4v) is 3.48. The van der Waals surface area contributed by atoms with Crippen molar-refractivity contribution in [1.82, 2.24) is 9.97 Å². The monoisotopic (exact) mass is 389 g/mol. The Hall–Kier alpha value is -2.92. The maximum atomic E-state index is 9.37. The number of β-amino-alcohol motifs (C(OH)–C–C–N with tert-alkyl or cyclic N) is 1. The lowest BCUT2D eigenvalue weighted by molar-refractivity contribution is 0.140. The number of nitrogens with zero attached hydrogens (tertiary/aromatic N) is 3. The molecule has 0 radical (unpaired) electrons. The zero-order valence-corrected chi connectivity index (χ0v) is 17.2. The van der Waals surface area contributed by atoms with E-state index in [-0.39, 0.29) is 11.5 Å². The van der Waals surface area contributed by atoms with Gasteiger partial charge in [-0.2, -0.15) is 0 Å². The molecule has 29 heavy (non-hydrogen) atoms. The fraction of sp³-hybridized carbons (Fsp3) is 0.333. The Kier molecular flexibility index (Phi) is 5.24. The number of aliphatic hydroxyl groups is 1. The van der Waals surface area contributed by atoms with Gasteiger partial charge in [0.15, 0.2) is 0 Å². The molecule has 0 atom stereocenters. The Morgan fingerprint density at radius 1 is 0.966 bits per heavy atom. The largest absolute Gasteiger partial charge is 0.489 e. The fourth-order valence-electron chi connectivity index (χ4n) is 3.48. The van der Waals surface area contributed by atoms with Crippen LogP contribution < -0.4 is 9.64 Å². The number of hydrogen-bond donors (Lipinski definition) is 1. The van der Waals surface area contributed by atoms with Crippen LogP contribution in [0.4, 0.5) is 5.95 Å². The highest BCUT2D eigenvalue weighted by Crippen LogP contribution is 2.32. The summed E-state index contributed by atoms with van der Waals surface area (Å²) in [5, 5.41) is 9.37. The molecule has 0 bridgehead atoms. The molecule has 1 aromatic heterocycles. The predicted molar refractivity (Wildman–Crippen MR) is 114 cm³/mol. The Bertz CT molecular complexity index is 945. The molecule has 0 saturated carbocycles. The maximum Gasteiger partial charge on any atom is 0.225 e. The summed E-state index contributed by atoms with van der Waals surface area (Å²) in [5.41, 5.74) is 4.66. The molecular weight excluding hydrogens is 362 g/mol. The average Bonchev–Trinajstić information content (AvgIpc) is 2.71. The molecule has 5 heteroatoms. The van der Waals surface area contributed by atoms with Crippen molar-refractivity contribution in [3.63, 3.8) is 0 Å². The van der Waals surface area contributed by atoms with Gasteiger partial charge in [0, 0.05) is 36.5 Å². The molecule has 2 aromatic carbocycles. The first-order valence-electron chi connectivity index (χ1n) is 9.96. The molecule has 5 nitrogen and oxygen atoms in total. The smallest absolute Gasteiger partial charge is 0.225 e. The normalized spacial score (nSPS) is 14.6. The minimum absolute atomic E-state index is 0.0691. The van der Waals surface area contributed by atoms with Gasteiger partial charge in [0.2, 0.25) is 5.95 Å². The molecule has 0 unspecified atom stereocenters. The third-order valence-electron chi connectivity index (χ3n) is 5.59. The van der Waals surface area contributed by atoms with E-state index in [2.05, 4.69) is 67.1 Å². The Morgan fingerprint density at radius 3 is 2.07 bits per heavy atom. The first-order valence-corrected chi connectivity index (χ1v) is 9.96. The Labute approximate surface area is 172 Å². The van der Waals surface area contributed by atoms with E-state index in [1.165, 1.54) is 16.7 Å². The van der Waals surface area contributed by atoms with Crippen LogP contribution in [-0.4, -0.2) is 34.3 Å². The summed E-state index contributed by atoms with van der Waals surface area (Å²) >= 11 is 0. The van der Waals surface area contributed by atoms with Crippen molar-refractivity contribution in [2.24, 2.45) is 0 Å².